The third-order valence-corrected chi connectivity index (χ3v) is 3.75. The maximum absolute atomic E-state index is 12.5. The van der Waals surface area contributed by atoms with Crippen LogP contribution in [0, 0.1) is 0 Å². The molecule has 0 heterocycles. The van der Waals surface area contributed by atoms with Crippen molar-refractivity contribution in [2.24, 2.45) is 0 Å². The van der Waals surface area contributed by atoms with E-state index in [1.54, 1.807) is 14.1 Å². The van der Waals surface area contributed by atoms with E-state index in [1.165, 1.54) is 4.90 Å². The predicted octanol–water partition coefficient (Wildman–Crippen LogP) is 2.33. The van der Waals surface area contributed by atoms with Gasteiger partial charge in [0.2, 0.25) is 0 Å². The molecule has 0 radical (unpaired) electrons. The number of amides is 1. The molecule has 0 aliphatic rings. The molecule has 0 fully saturated rings. The van der Waals surface area contributed by atoms with Crippen LogP contribution in [0.25, 0.3) is 0 Å². The molecule has 2 aromatic carbocycles. The van der Waals surface area contributed by atoms with Crippen LogP contribution in [-0.2, 0) is 32.3 Å². The molecule has 0 aliphatic heterocycles. The number of rotatable bonds is 9. The van der Waals surface area contributed by atoms with Crippen LogP contribution >= 0.6 is 0 Å². The Hall–Kier alpha value is -2.70. The number of likely N-dealkylation sites (N-methyl/N-ethyl adjacent to an activating group) is 1. The van der Waals surface area contributed by atoms with Crippen molar-refractivity contribution < 1.29 is 24.2 Å². The van der Waals surface area contributed by atoms with Gasteiger partial charge in [0.25, 0.3) is 5.91 Å². The van der Waals surface area contributed by atoms with Crippen LogP contribution in [-0.4, -0.2) is 48.2 Å². The molecule has 2 rings (SSSR count). The summed E-state index contributed by atoms with van der Waals surface area (Å²) in [6, 6.07) is 18.4. The maximum Gasteiger partial charge on any atom is 0.336 e. The second-order valence-corrected chi connectivity index (χ2v) is 6.01. The number of hydrogen-bond acceptors (Lipinski definition) is 4. The molecule has 26 heavy (non-hydrogen) atoms. The summed E-state index contributed by atoms with van der Waals surface area (Å²) >= 11 is 0. The molecule has 1 N–H and O–H groups in total. The van der Waals surface area contributed by atoms with Gasteiger partial charge in [0.1, 0.15) is 0 Å². The maximum atomic E-state index is 12.5. The molecule has 6 heteroatoms. The fourth-order valence-corrected chi connectivity index (χ4v) is 2.35. The normalized spacial score (nSPS) is 13.0. The zero-order chi connectivity index (χ0) is 18.9. The van der Waals surface area contributed by atoms with Gasteiger partial charge < -0.3 is 19.5 Å². The summed E-state index contributed by atoms with van der Waals surface area (Å²) in [5.74, 6) is -1.70. The first-order chi connectivity index (χ1) is 12.5. The molecule has 1 amide bonds. The Kier molecular flexibility index (Phi) is 7.32. The van der Waals surface area contributed by atoms with Gasteiger partial charge in [0.15, 0.2) is 12.2 Å². The molecule has 0 saturated heterocycles. The Morgan fingerprint density at radius 3 is 1.65 bits per heavy atom. The summed E-state index contributed by atoms with van der Waals surface area (Å²) < 4.78 is 11.2. The second kappa shape index (κ2) is 9.70. The number of benzene rings is 2. The van der Waals surface area contributed by atoms with Gasteiger partial charge in [-0.25, -0.2) is 4.79 Å². The van der Waals surface area contributed by atoms with E-state index in [-0.39, 0.29) is 13.2 Å². The minimum atomic E-state index is -1.41. The molecule has 0 bridgehead atoms. The summed E-state index contributed by atoms with van der Waals surface area (Å²) in [6.07, 6.45) is -2.65. The van der Waals surface area contributed by atoms with Gasteiger partial charge in [-0.2, -0.15) is 0 Å². The van der Waals surface area contributed by atoms with E-state index in [2.05, 4.69) is 0 Å². The van der Waals surface area contributed by atoms with Crippen molar-refractivity contribution in [1.82, 2.24) is 4.90 Å². The van der Waals surface area contributed by atoms with E-state index >= 15 is 0 Å². The van der Waals surface area contributed by atoms with Crippen molar-refractivity contribution in [3.8, 4) is 0 Å². The Bertz CT molecular complexity index is 703. The molecule has 0 saturated carbocycles. The summed E-state index contributed by atoms with van der Waals surface area (Å²) in [4.78, 5) is 25.5. The summed E-state index contributed by atoms with van der Waals surface area (Å²) in [5.41, 5.74) is 1.66. The third kappa shape index (κ3) is 5.68. The first-order valence-electron chi connectivity index (χ1n) is 8.24. The lowest BCUT2D eigenvalue weighted by molar-refractivity contribution is -0.174. The zero-order valence-corrected chi connectivity index (χ0v) is 14.9. The molecule has 6 nitrogen and oxygen atoms in total. The first-order valence-corrected chi connectivity index (χ1v) is 8.24. The van der Waals surface area contributed by atoms with Gasteiger partial charge in [-0.05, 0) is 11.1 Å². The minimum Gasteiger partial charge on any atom is -0.479 e. The molecular formula is C20H23NO5. The molecular weight excluding hydrogens is 334 g/mol. The van der Waals surface area contributed by atoms with Gasteiger partial charge in [-0.3, -0.25) is 4.79 Å². The number of nitrogens with zero attached hydrogens (tertiary/aromatic N) is 1. The van der Waals surface area contributed by atoms with Crippen molar-refractivity contribution >= 4 is 11.9 Å². The Labute approximate surface area is 153 Å². The molecule has 0 unspecified atom stereocenters. The monoisotopic (exact) mass is 357 g/mol. The van der Waals surface area contributed by atoms with Gasteiger partial charge in [0.05, 0.1) is 13.2 Å². The molecule has 0 spiro atoms. The number of aliphatic carboxylic acids is 1. The Morgan fingerprint density at radius 1 is 0.846 bits per heavy atom. The van der Waals surface area contributed by atoms with Crippen LogP contribution in [0.3, 0.4) is 0 Å². The summed E-state index contributed by atoms with van der Waals surface area (Å²) in [7, 11) is 3.11. The van der Waals surface area contributed by atoms with Crippen molar-refractivity contribution in [3.63, 3.8) is 0 Å². The Balaban J connectivity index is 2.12. The van der Waals surface area contributed by atoms with E-state index in [0.717, 1.165) is 11.1 Å². The van der Waals surface area contributed by atoms with Crippen molar-refractivity contribution in [1.29, 1.82) is 0 Å². The number of carbonyl (C=O) groups excluding carboxylic acids is 1. The predicted molar refractivity (Wildman–Crippen MR) is 96.4 cm³/mol. The van der Waals surface area contributed by atoms with Gasteiger partial charge >= 0.3 is 5.97 Å². The molecule has 2 atom stereocenters. The third-order valence-electron chi connectivity index (χ3n) is 3.75. The van der Waals surface area contributed by atoms with Crippen LogP contribution in [0.15, 0.2) is 60.7 Å². The van der Waals surface area contributed by atoms with Crippen LogP contribution in [0.2, 0.25) is 0 Å². The fourth-order valence-electron chi connectivity index (χ4n) is 2.35. The van der Waals surface area contributed by atoms with Crippen molar-refractivity contribution in [2.75, 3.05) is 14.1 Å². The average molecular weight is 357 g/mol. The van der Waals surface area contributed by atoms with Crippen LogP contribution < -0.4 is 0 Å². The molecule has 0 aliphatic carbocycles. The van der Waals surface area contributed by atoms with Gasteiger partial charge in [-0.15, -0.1) is 0 Å². The standard InChI is InChI=1S/C20H23NO5/c1-21(2)19(22)17(25-13-15-9-5-3-6-10-15)18(20(23)24)26-14-16-11-7-4-8-12-16/h3-12,17-18H,13-14H2,1-2H3,(H,23,24)/t17-,18-/m0/s1. The zero-order valence-electron chi connectivity index (χ0n) is 14.9. The lowest BCUT2D eigenvalue weighted by Gasteiger charge is -2.26. The quantitative estimate of drug-likeness (QED) is 0.745. The highest BCUT2D eigenvalue weighted by molar-refractivity contribution is 5.87. The largest absolute Gasteiger partial charge is 0.479 e. The SMILES string of the molecule is CN(C)C(=O)[C@@H](OCc1ccccc1)[C@H](OCc1ccccc1)C(=O)O. The highest BCUT2D eigenvalue weighted by Crippen LogP contribution is 2.14. The lowest BCUT2D eigenvalue weighted by atomic mass is 10.1. The van der Waals surface area contributed by atoms with E-state index < -0.39 is 24.1 Å². The number of carbonyl (C=O) groups is 2. The number of hydrogen-bond donors (Lipinski definition) is 1. The van der Waals surface area contributed by atoms with Crippen molar-refractivity contribution in [3.05, 3.63) is 71.8 Å². The first kappa shape index (κ1) is 19.6. The van der Waals surface area contributed by atoms with E-state index in [0.29, 0.717) is 0 Å². The number of ether oxygens (including phenoxy) is 2. The van der Waals surface area contributed by atoms with Gasteiger partial charge in [0, 0.05) is 14.1 Å². The van der Waals surface area contributed by atoms with Crippen LogP contribution in [0.4, 0.5) is 0 Å². The van der Waals surface area contributed by atoms with E-state index in [1.807, 2.05) is 60.7 Å². The second-order valence-electron chi connectivity index (χ2n) is 6.01. The van der Waals surface area contributed by atoms with Crippen LogP contribution in [0.1, 0.15) is 11.1 Å². The summed E-state index contributed by atoms with van der Waals surface area (Å²) in [5, 5.41) is 9.57. The topological polar surface area (TPSA) is 76.1 Å². The number of carboxylic acids is 1. The van der Waals surface area contributed by atoms with Crippen molar-refractivity contribution in [2.45, 2.75) is 25.4 Å². The fraction of sp³-hybridized carbons (Fsp3) is 0.300. The number of carboxylic acid groups (broad SMARTS) is 1. The average Bonchev–Trinajstić information content (AvgIpc) is 2.65. The highest BCUT2D eigenvalue weighted by Gasteiger charge is 2.36. The molecule has 138 valence electrons. The van der Waals surface area contributed by atoms with Crippen LogP contribution in [0.5, 0.6) is 0 Å². The van der Waals surface area contributed by atoms with E-state index in [9.17, 15) is 14.7 Å². The smallest absolute Gasteiger partial charge is 0.336 e. The molecule has 0 aromatic heterocycles. The lowest BCUT2D eigenvalue weighted by Crippen LogP contribution is -2.48. The Morgan fingerprint density at radius 2 is 1.27 bits per heavy atom. The van der Waals surface area contributed by atoms with E-state index in [4.69, 9.17) is 9.47 Å². The minimum absolute atomic E-state index is 0.0731. The highest BCUT2D eigenvalue weighted by atomic mass is 16.6. The van der Waals surface area contributed by atoms with Gasteiger partial charge in [-0.1, -0.05) is 60.7 Å². The molecule has 2 aromatic rings. The summed E-state index contributed by atoms with van der Waals surface area (Å²) in [6.45, 7) is 0.188.